The van der Waals surface area contributed by atoms with Crippen molar-refractivity contribution in [3.63, 3.8) is 0 Å². The van der Waals surface area contributed by atoms with Crippen LogP contribution in [-0.2, 0) is 19.2 Å². The molecule has 146 valence electrons. The zero-order chi connectivity index (χ0) is 19.2. The lowest BCUT2D eigenvalue weighted by Gasteiger charge is -2.19. The number of nitrogens with zero attached hydrogens (tertiary/aromatic N) is 2. The van der Waals surface area contributed by atoms with Crippen LogP contribution in [-0.4, -0.2) is 46.5 Å². The number of likely N-dealkylation sites (tertiary alicyclic amines) is 2. The van der Waals surface area contributed by atoms with Crippen LogP contribution in [0.25, 0.3) is 0 Å². The summed E-state index contributed by atoms with van der Waals surface area (Å²) in [5, 5.41) is 0. The highest BCUT2D eigenvalue weighted by atomic mass is 16.2. The third-order valence-electron chi connectivity index (χ3n) is 8.14. The van der Waals surface area contributed by atoms with Crippen molar-refractivity contribution in [2.24, 2.45) is 47.3 Å². The Morgan fingerprint density at radius 3 is 1.14 bits per heavy atom. The minimum atomic E-state index is -0.147. The summed E-state index contributed by atoms with van der Waals surface area (Å²) >= 11 is 0. The highest BCUT2D eigenvalue weighted by molar-refractivity contribution is 6.07. The maximum atomic E-state index is 12.7. The molecule has 4 bridgehead atoms. The van der Waals surface area contributed by atoms with Gasteiger partial charge in [-0.15, -0.1) is 0 Å². The van der Waals surface area contributed by atoms with Crippen molar-refractivity contribution in [1.82, 2.24) is 9.80 Å². The summed E-state index contributed by atoms with van der Waals surface area (Å²) in [7, 11) is 0. The average molecular weight is 380 g/mol. The first-order chi connectivity index (χ1) is 13.6. The monoisotopic (exact) mass is 380 g/mol. The Labute approximate surface area is 163 Å². The minimum absolute atomic E-state index is 0.0163. The number of rotatable bonds is 5. The van der Waals surface area contributed by atoms with E-state index in [-0.39, 0.29) is 71.0 Å². The number of carbonyl (C=O) groups is 4. The molecule has 6 rings (SSSR count). The van der Waals surface area contributed by atoms with Crippen molar-refractivity contribution in [2.45, 2.75) is 25.7 Å². The van der Waals surface area contributed by atoms with Crippen LogP contribution < -0.4 is 0 Å². The summed E-state index contributed by atoms with van der Waals surface area (Å²) in [4.78, 5) is 53.7. The first kappa shape index (κ1) is 16.7. The first-order valence-corrected chi connectivity index (χ1v) is 10.6. The van der Waals surface area contributed by atoms with Gasteiger partial charge < -0.3 is 0 Å². The summed E-state index contributed by atoms with van der Waals surface area (Å²) in [5.41, 5.74) is 0. The molecule has 6 aliphatic rings. The van der Waals surface area contributed by atoms with E-state index in [2.05, 4.69) is 24.3 Å². The van der Waals surface area contributed by atoms with Crippen molar-refractivity contribution in [3.8, 4) is 0 Å². The van der Waals surface area contributed by atoms with E-state index < -0.39 is 0 Å². The van der Waals surface area contributed by atoms with E-state index in [9.17, 15) is 19.2 Å². The number of carbonyl (C=O) groups excluding carboxylic acids is 4. The molecule has 0 aromatic rings. The van der Waals surface area contributed by atoms with Gasteiger partial charge in [0.1, 0.15) is 0 Å². The average Bonchev–Trinajstić information content (AvgIpc) is 3.49. The van der Waals surface area contributed by atoms with Gasteiger partial charge in [0.25, 0.3) is 0 Å². The number of hydrogen-bond acceptors (Lipinski definition) is 4. The second-order valence-electron chi connectivity index (χ2n) is 9.36. The number of amides is 4. The van der Waals surface area contributed by atoms with Crippen LogP contribution in [0.2, 0.25) is 0 Å². The van der Waals surface area contributed by atoms with Gasteiger partial charge in [-0.3, -0.25) is 29.0 Å². The largest absolute Gasteiger partial charge is 0.282 e. The van der Waals surface area contributed by atoms with Gasteiger partial charge in [0.2, 0.25) is 23.6 Å². The molecule has 28 heavy (non-hydrogen) atoms. The molecule has 4 fully saturated rings. The molecule has 6 heteroatoms. The Kier molecular flexibility index (Phi) is 3.37. The highest BCUT2D eigenvalue weighted by Gasteiger charge is 2.60. The van der Waals surface area contributed by atoms with Crippen molar-refractivity contribution in [2.75, 3.05) is 13.1 Å². The standard InChI is InChI=1S/C22H24N2O4/c25-19-15-11-3-4-12(9-11)16(15)20(26)23(19)7-1-2-8-24-21(27)17-13-5-6-14(10-13)18(17)22(24)28/h3-6,11-18H,1-2,7-10H2/t11-,12-,13+,14+,15-,16-,17-,18+/m1/s1. The van der Waals surface area contributed by atoms with E-state index >= 15 is 0 Å². The van der Waals surface area contributed by atoms with E-state index in [0.29, 0.717) is 25.9 Å². The molecule has 4 amide bonds. The van der Waals surface area contributed by atoms with E-state index in [1.807, 2.05) is 0 Å². The molecular formula is C22H24N2O4. The van der Waals surface area contributed by atoms with Gasteiger partial charge in [0, 0.05) is 13.1 Å². The fraction of sp³-hybridized carbons (Fsp3) is 0.636. The van der Waals surface area contributed by atoms with Crippen LogP contribution in [0.1, 0.15) is 25.7 Å². The van der Waals surface area contributed by atoms with Gasteiger partial charge in [-0.2, -0.15) is 0 Å². The molecule has 2 aliphatic heterocycles. The molecule has 0 N–H and O–H groups in total. The first-order valence-electron chi connectivity index (χ1n) is 10.6. The molecule has 0 aromatic heterocycles. The zero-order valence-electron chi connectivity index (χ0n) is 15.7. The van der Waals surface area contributed by atoms with Crippen LogP contribution >= 0.6 is 0 Å². The summed E-state index contributed by atoms with van der Waals surface area (Å²) in [6.07, 6.45) is 11.6. The predicted molar refractivity (Wildman–Crippen MR) is 98.1 cm³/mol. The molecule has 6 nitrogen and oxygen atoms in total. The molecule has 4 aliphatic carbocycles. The number of fused-ring (bicyclic) bond motifs is 10. The molecule has 8 atom stereocenters. The Hall–Kier alpha value is -2.24. The fourth-order valence-electron chi connectivity index (χ4n) is 6.91. The topological polar surface area (TPSA) is 74.8 Å². The van der Waals surface area contributed by atoms with Gasteiger partial charge >= 0.3 is 0 Å². The Bertz CT molecular complexity index is 731. The quantitative estimate of drug-likeness (QED) is 0.410. The highest BCUT2D eigenvalue weighted by Crippen LogP contribution is 2.53. The van der Waals surface area contributed by atoms with Gasteiger partial charge in [-0.05, 0) is 49.4 Å². The third kappa shape index (κ3) is 1.98. The third-order valence-corrected chi connectivity index (χ3v) is 8.14. The molecule has 0 unspecified atom stereocenters. The lowest BCUT2D eigenvalue weighted by atomic mass is 9.85. The van der Waals surface area contributed by atoms with Crippen molar-refractivity contribution in [3.05, 3.63) is 24.3 Å². The molecule has 0 radical (unpaired) electrons. The van der Waals surface area contributed by atoms with Gasteiger partial charge in [0.05, 0.1) is 23.7 Å². The van der Waals surface area contributed by atoms with E-state index in [1.54, 1.807) is 0 Å². The molecule has 2 heterocycles. The van der Waals surface area contributed by atoms with Crippen LogP contribution in [0.15, 0.2) is 24.3 Å². The molecular weight excluding hydrogens is 356 g/mol. The molecule has 0 aromatic carbocycles. The lowest BCUT2D eigenvalue weighted by molar-refractivity contribution is -0.143. The van der Waals surface area contributed by atoms with Gasteiger partial charge in [-0.1, -0.05) is 24.3 Å². The van der Waals surface area contributed by atoms with Gasteiger partial charge in [0.15, 0.2) is 0 Å². The van der Waals surface area contributed by atoms with E-state index in [1.165, 1.54) is 9.80 Å². The maximum absolute atomic E-state index is 12.7. The number of imide groups is 2. The van der Waals surface area contributed by atoms with E-state index in [4.69, 9.17) is 0 Å². The molecule has 0 spiro atoms. The SMILES string of the molecule is O=C1[C@@H]2[C@H](C(=O)N1CCCCN1C(=O)[C@H]3[C@H](C1=O)[C@@H]1C=C[C@@H]3C1)[C@H]1C=C[C@H]2C1. The molecule has 2 saturated carbocycles. The normalized spacial score (nSPS) is 44.6. The Morgan fingerprint density at radius 1 is 0.571 bits per heavy atom. The van der Waals surface area contributed by atoms with Crippen LogP contribution in [0.5, 0.6) is 0 Å². The summed E-state index contributed by atoms with van der Waals surface area (Å²) < 4.78 is 0. The summed E-state index contributed by atoms with van der Waals surface area (Å²) in [5.74, 6) is 0.291. The van der Waals surface area contributed by atoms with Crippen LogP contribution in [0.4, 0.5) is 0 Å². The van der Waals surface area contributed by atoms with Gasteiger partial charge in [-0.25, -0.2) is 0 Å². The Balaban J connectivity index is 1.05. The maximum Gasteiger partial charge on any atom is 0.233 e. The number of unbranched alkanes of at least 4 members (excludes halogenated alkanes) is 1. The minimum Gasteiger partial charge on any atom is -0.282 e. The van der Waals surface area contributed by atoms with Crippen molar-refractivity contribution in [1.29, 1.82) is 0 Å². The van der Waals surface area contributed by atoms with Crippen molar-refractivity contribution < 1.29 is 19.2 Å². The number of hydrogen-bond donors (Lipinski definition) is 0. The molecule has 2 saturated heterocycles. The second kappa shape index (κ2) is 5.65. The smallest absolute Gasteiger partial charge is 0.233 e. The van der Waals surface area contributed by atoms with E-state index in [0.717, 1.165) is 12.8 Å². The Morgan fingerprint density at radius 2 is 0.857 bits per heavy atom. The van der Waals surface area contributed by atoms with Crippen LogP contribution in [0, 0.1) is 47.3 Å². The fourth-order valence-corrected chi connectivity index (χ4v) is 6.91. The van der Waals surface area contributed by atoms with Crippen molar-refractivity contribution >= 4 is 23.6 Å². The second-order valence-corrected chi connectivity index (χ2v) is 9.36. The van der Waals surface area contributed by atoms with Crippen LogP contribution in [0.3, 0.4) is 0 Å². The predicted octanol–water partition coefficient (Wildman–Crippen LogP) is 1.38. The zero-order valence-corrected chi connectivity index (χ0v) is 15.7. The lowest BCUT2D eigenvalue weighted by Crippen LogP contribution is -2.36. The summed E-state index contributed by atoms with van der Waals surface area (Å²) in [6, 6.07) is 0. The number of allylic oxidation sites excluding steroid dienone is 4. The summed E-state index contributed by atoms with van der Waals surface area (Å²) in [6.45, 7) is 0.806.